The number of hydrogen-bond donors (Lipinski definition) is 1. The van der Waals surface area contributed by atoms with E-state index in [1.54, 1.807) is 0 Å². The van der Waals surface area contributed by atoms with Crippen LogP contribution < -0.4 is 5.32 Å². The largest absolute Gasteiger partial charge is 0.374 e. The van der Waals surface area contributed by atoms with Gasteiger partial charge in [-0.2, -0.15) is 0 Å². The molecule has 0 aromatic heterocycles. The first-order valence-electron chi connectivity index (χ1n) is 6.57. The molecule has 2 atom stereocenters. The highest BCUT2D eigenvalue weighted by molar-refractivity contribution is 5.02. The van der Waals surface area contributed by atoms with Gasteiger partial charge in [-0.05, 0) is 39.7 Å². The molecule has 1 N–H and O–H groups in total. The van der Waals surface area contributed by atoms with Crippen LogP contribution in [0, 0.1) is 0 Å². The molecular formula is C14H29NO. The Morgan fingerprint density at radius 3 is 2.31 bits per heavy atom. The van der Waals surface area contributed by atoms with E-state index < -0.39 is 0 Å². The summed E-state index contributed by atoms with van der Waals surface area (Å²) in [5.41, 5.74) is 1.22. The minimum Gasteiger partial charge on any atom is -0.374 e. The van der Waals surface area contributed by atoms with Gasteiger partial charge < -0.3 is 10.1 Å². The standard InChI is InChI=1S/C14H29NO/c1-7-12(5)11-13(15-9-3)14(6,8-2)16-10-4/h13,15H,5,7-11H2,1-4,6H3. The van der Waals surface area contributed by atoms with Crippen molar-refractivity contribution in [1.29, 1.82) is 0 Å². The Morgan fingerprint density at radius 2 is 1.94 bits per heavy atom. The molecule has 2 nitrogen and oxygen atoms in total. The topological polar surface area (TPSA) is 21.3 Å². The van der Waals surface area contributed by atoms with Gasteiger partial charge >= 0.3 is 0 Å². The van der Waals surface area contributed by atoms with E-state index in [1.165, 1.54) is 5.57 Å². The summed E-state index contributed by atoms with van der Waals surface area (Å²) in [6.45, 7) is 16.6. The molecule has 2 heteroatoms. The molecule has 0 radical (unpaired) electrons. The lowest BCUT2D eigenvalue weighted by Gasteiger charge is -2.37. The van der Waals surface area contributed by atoms with Gasteiger partial charge in [0.2, 0.25) is 0 Å². The maximum absolute atomic E-state index is 5.94. The highest BCUT2D eigenvalue weighted by Crippen LogP contribution is 2.25. The van der Waals surface area contributed by atoms with Crippen molar-refractivity contribution in [3.63, 3.8) is 0 Å². The average Bonchev–Trinajstić information content (AvgIpc) is 2.28. The molecule has 0 aliphatic heterocycles. The van der Waals surface area contributed by atoms with Gasteiger partial charge in [0.05, 0.1) is 5.60 Å². The van der Waals surface area contributed by atoms with E-state index in [4.69, 9.17) is 4.74 Å². The van der Waals surface area contributed by atoms with Crippen molar-refractivity contribution in [2.45, 2.75) is 65.5 Å². The van der Waals surface area contributed by atoms with Crippen molar-refractivity contribution in [2.75, 3.05) is 13.2 Å². The minimum absolute atomic E-state index is 0.0805. The molecule has 0 bridgehead atoms. The smallest absolute Gasteiger partial charge is 0.0807 e. The fourth-order valence-electron chi connectivity index (χ4n) is 1.96. The maximum atomic E-state index is 5.94. The van der Waals surface area contributed by atoms with E-state index in [-0.39, 0.29) is 5.60 Å². The third-order valence-electron chi connectivity index (χ3n) is 3.36. The van der Waals surface area contributed by atoms with E-state index in [0.717, 1.165) is 32.4 Å². The van der Waals surface area contributed by atoms with Crippen molar-refractivity contribution >= 4 is 0 Å². The van der Waals surface area contributed by atoms with Crippen LogP contribution in [0.25, 0.3) is 0 Å². The van der Waals surface area contributed by atoms with Crippen LogP contribution in [0.4, 0.5) is 0 Å². The minimum atomic E-state index is -0.0805. The van der Waals surface area contributed by atoms with Gasteiger partial charge in [-0.1, -0.05) is 32.9 Å². The highest BCUT2D eigenvalue weighted by atomic mass is 16.5. The first kappa shape index (κ1) is 15.7. The Kier molecular flexibility index (Phi) is 7.69. The van der Waals surface area contributed by atoms with Crippen molar-refractivity contribution in [3.05, 3.63) is 12.2 Å². The van der Waals surface area contributed by atoms with Crippen LogP contribution >= 0.6 is 0 Å². The first-order valence-corrected chi connectivity index (χ1v) is 6.57. The molecule has 0 aliphatic carbocycles. The summed E-state index contributed by atoms with van der Waals surface area (Å²) in [5, 5.41) is 3.54. The molecule has 16 heavy (non-hydrogen) atoms. The summed E-state index contributed by atoms with van der Waals surface area (Å²) >= 11 is 0. The van der Waals surface area contributed by atoms with E-state index in [2.05, 4.69) is 46.5 Å². The van der Waals surface area contributed by atoms with Crippen LogP contribution in [-0.2, 0) is 4.74 Å². The van der Waals surface area contributed by atoms with Gasteiger partial charge in [0.1, 0.15) is 0 Å². The second-order valence-corrected chi connectivity index (χ2v) is 4.52. The summed E-state index contributed by atoms with van der Waals surface area (Å²) in [5.74, 6) is 0. The molecule has 2 unspecified atom stereocenters. The Labute approximate surface area is 101 Å². The molecule has 0 aromatic carbocycles. The average molecular weight is 227 g/mol. The Hall–Kier alpha value is -0.340. The molecular weight excluding hydrogens is 198 g/mol. The SMILES string of the molecule is C=C(CC)CC(NCC)C(C)(CC)OCC. The fourth-order valence-corrected chi connectivity index (χ4v) is 1.96. The Morgan fingerprint density at radius 1 is 1.31 bits per heavy atom. The zero-order chi connectivity index (χ0) is 12.6. The Balaban J connectivity index is 4.63. The molecule has 0 fully saturated rings. The number of likely N-dealkylation sites (N-methyl/N-ethyl adjacent to an activating group) is 1. The van der Waals surface area contributed by atoms with Gasteiger partial charge in [0, 0.05) is 12.6 Å². The molecule has 0 heterocycles. The Bertz CT molecular complexity index is 203. The summed E-state index contributed by atoms with van der Waals surface area (Å²) in [6.07, 6.45) is 3.08. The second kappa shape index (κ2) is 7.86. The van der Waals surface area contributed by atoms with Crippen molar-refractivity contribution in [3.8, 4) is 0 Å². The van der Waals surface area contributed by atoms with Gasteiger partial charge in [0.25, 0.3) is 0 Å². The lowest BCUT2D eigenvalue weighted by Crippen LogP contribution is -2.50. The third kappa shape index (κ3) is 4.67. The van der Waals surface area contributed by atoms with Crippen LogP contribution in [0.3, 0.4) is 0 Å². The van der Waals surface area contributed by atoms with Crippen molar-refractivity contribution in [2.24, 2.45) is 0 Å². The molecule has 96 valence electrons. The zero-order valence-electron chi connectivity index (χ0n) is 11.7. The van der Waals surface area contributed by atoms with E-state index in [0.29, 0.717) is 6.04 Å². The summed E-state index contributed by atoms with van der Waals surface area (Å²) < 4.78 is 5.94. The van der Waals surface area contributed by atoms with Crippen LogP contribution in [0.15, 0.2) is 12.2 Å². The monoisotopic (exact) mass is 227 g/mol. The van der Waals surface area contributed by atoms with Crippen LogP contribution in [0.2, 0.25) is 0 Å². The maximum Gasteiger partial charge on any atom is 0.0807 e. The number of rotatable bonds is 9. The van der Waals surface area contributed by atoms with Gasteiger partial charge in [-0.3, -0.25) is 0 Å². The van der Waals surface area contributed by atoms with Crippen molar-refractivity contribution < 1.29 is 4.74 Å². The molecule has 0 aromatic rings. The molecule has 0 amide bonds. The predicted molar refractivity (Wildman–Crippen MR) is 71.8 cm³/mol. The highest BCUT2D eigenvalue weighted by Gasteiger charge is 2.32. The third-order valence-corrected chi connectivity index (χ3v) is 3.36. The molecule has 0 saturated heterocycles. The summed E-state index contributed by atoms with van der Waals surface area (Å²) in [6, 6.07) is 0.370. The normalized spacial score (nSPS) is 16.8. The van der Waals surface area contributed by atoms with Gasteiger partial charge in [-0.15, -0.1) is 0 Å². The van der Waals surface area contributed by atoms with E-state index in [9.17, 15) is 0 Å². The van der Waals surface area contributed by atoms with Gasteiger partial charge in [0.15, 0.2) is 0 Å². The van der Waals surface area contributed by atoms with Crippen LogP contribution in [-0.4, -0.2) is 24.8 Å². The first-order chi connectivity index (χ1) is 7.53. The molecule has 0 rings (SSSR count). The number of hydrogen-bond acceptors (Lipinski definition) is 2. The summed E-state index contributed by atoms with van der Waals surface area (Å²) in [7, 11) is 0. The molecule has 0 aliphatic rings. The summed E-state index contributed by atoms with van der Waals surface area (Å²) in [4.78, 5) is 0. The fraction of sp³-hybridized carbons (Fsp3) is 0.857. The quantitative estimate of drug-likeness (QED) is 0.608. The van der Waals surface area contributed by atoms with E-state index >= 15 is 0 Å². The predicted octanol–water partition coefficient (Wildman–Crippen LogP) is 3.53. The molecule has 0 saturated carbocycles. The molecule has 0 spiro atoms. The second-order valence-electron chi connectivity index (χ2n) is 4.52. The lowest BCUT2D eigenvalue weighted by molar-refractivity contribution is -0.0547. The van der Waals surface area contributed by atoms with Crippen molar-refractivity contribution in [1.82, 2.24) is 5.32 Å². The van der Waals surface area contributed by atoms with E-state index in [1.807, 2.05) is 0 Å². The number of nitrogens with one attached hydrogen (secondary N) is 1. The van der Waals surface area contributed by atoms with Gasteiger partial charge in [-0.25, -0.2) is 0 Å². The lowest BCUT2D eigenvalue weighted by atomic mass is 9.88. The number of ether oxygens (including phenoxy) is 1. The van der Waals surface area contributed by atoms with Crippen LogP contribution in [0.1, 0.15) is 53.9 Å². The van der Waals surface area contributed by atoms with Crippen LogP contribution in [0.5, 0.6) is 0 Å². The zero-order valence-corrected chi connectivity index (χ0v) is 11.7.